The molecule has 0 unspecified atom stereocenters. The van der Waals surface area contributed by atoms with Crippen molar-refractivity contribution in [3.63, 3.8) is 0 Å². The van der Waals surface area contributed by atoms with Crippen molar-refractivity contribution in [2.75, 3.05) is 0 Å². The van der Waals surface area contributed by atoms with Crippen LogP contribution >= 0.6 is 0 Å². The van der Waals surface area contributed by atoms with Crippen LogP contribution in [0.3, 0.4) is 0 Å². The number of rotatable bonds is 8. The highest BCUT2D eigenvalue weighted by Crippen LogP contribution is 2.08. The highest BCUT2D eigenvalue weighted by molar-refractivity contribution is 5.47. The van der Waals surface area contributed by atoms with Crippen LogP contribution in [-0.2, 0) is 0 Å². The van der Waals surface area contributed by atoms with Crippen molar-refractivity contribution in [1.29, 1.82) is 0 Å². The Kier molecular flexibility index (Phi) is 7.49. The van der Waals surface area contributed by atoms with Gasteiger partial charge in [-0.2, -0.15) is 0 Å². The Morgan fingerprint density at radius 3 is 2.62 bits per heavy atom. The standard InChI is InChI=1S/C16H23/c1-2-3-4-5-6-7-8-10-13-16-14-11-9-12-15-16/h9-14H,2-8H2,1H3. The van der Waals surface area contributed by atoms with Crippen molar-refractivity contribution >= 4 is 6.08 Å². The Bertz CT molecular complexity index is 271. The molecule has 0 heterocycles. The van der Waals surface area contributed by atoms with E-state index < -0.39 is 0 Å². The molecule has 0 saturated heterocycles. The molecule has 0 aromatic heterocycles. The lowest BCUT2D eigenvalue weighted by atomic mass is 10.1. The molecule has 1 aromatic rings. The molecule has 0 fully saturated rings. The van der Waals surface area contributed by atoms with Crippen LogP contribution in [-0.4, -0.2) is 0 Å². The minimum atomic E-state index is 1.19. The molecule has 0 aliphatic rings. The summed E-state index contributed by atoms with van der Waals surface area (Å²) < 4.78 is 0. The zero-order chi connectivity index (χ0) is 11.5. The molecule has 0 spiro atoms. The molecule has 0 heteroatoms. The Morgan fingerprint density at radius 2 is 1.88 bits per heavy atom. The summed E-state index contributed by atoms with van der Waals surface area (Å²) in [6, 6.07) is 11.3. The van der Waals surface area contributed by atoms with Gasteiger partial charge < -0.3 is 0 Å². The van der Waals surface area contributed by atoms with E-state index in [-0.39, 0.29) is 0 Å². The predicted molar refractivity (Wildman–Crippen MR) is 72.3 cm³/mol. The van der Waals surface area contributed by atoms with Crippen molar-refractivity contribution < 1.29 is 0 Å². The number of hydrogen-bond acceptors (Lipinski definition) is 0. The zero-order valence-electron chi connectivity index (χ0n) is 10.4. The van der Waals surface area contributed by atoms with Gasteiger partial charge in [0.15, 0.2) is 0 Å². The molecule has 0 nitrogen and oxygen atoms in total. The normalized spacial score (nSPS) is 11.1. The van der Waals surface area contributed by atoms with E-state index in [2.05, 4.69) is 37.3 Å². The topological polar surface area (TPSA) is 0 Å². The van der Waals surface area contributed by atoms with Crippen molar-refractivity contribution in [2.45, 2.75) is 51.9 Å². The van der Waals surface area contributed by atoms with Gasteiger partial charge in [0.25, 0.3) is 0 Å². The van der Waals surface area contributed by atoms with Crippen molar-refractivity contribution in [3.8, 4) is 0 Å². The molecule has 0 saturated carbocycles. The fourth-order valence-electron chi connectivity index (χ4n) is 1.76. The molecular weight excluding hydrogens is 192 g/mol. The predicted octanol–water partition coefficient (Wildman–Crippen LogP) is 5.25. The quantitative estimate of drug-likeness (QED) is 0.519. The highest BCUT2D eigenvalue weighted by Gasteiger charge is 1.88. The summed E-state index contributed by atoms with van der Waals surface area (Å²) in [5.41, 5.74) is 1.19. The molecule has 0 aliphatic heterocycles. The van der Waals surface area contributed by atoms with E-state index in [1.54, 1.807) is 0 Å². The van der Waals surface area contributed by atoms with Gasteiger partial charge in [-0.25, -0.2) is 0 Å². The van der Waals surface area contributed by atoms with Crippen LogP contribution in [0.15, 0.2) is 30.3 Å². The minimum absolute atomic E-state index is 1.19. The monoisotopic (exact) mass is 215 g/mol. The third-order valence-corrected chi connectivity index (χ3v) is 2.75. The molecule has 1 aromatic carbocycles. The molecule has 0 atom stereocenters. The second kappa shape index (κ2) is 9.21. The molecule has 1 rings (SSSR count). The first-order valence-electron chi connectivity index (χ1n) is 6.56. The first-order chi connectivity index (χ1) is 7.93. The summed E-state index contributed by atoms with van der Waals surface area (Å²) in [6.07, 6.45) is 13.9. The SMILES string of the molecule is CCCCCCCCC=Cc1[c]cccc1. The maximum Gasteiger partial charge on any atom is -0.0106 e. The van der Waals surface area contributed by atoms with Crippen molar-refractivity contribution in [3.05, 3.63) is 42.0 Å². The van der Waals surface area contributed by atoms with E-state index in [1.807, 2.05) is 12.1 Å². The molecule has 1 radical (unpaired) electrons. The maximum absolute atomic E-state index is 3.20. The van der Waals surface area contributed by atoms with E-state index in [0.29, 0.717) is 0 Å². The molecule has 16 heavy (non-hydrogen) atoms. The summed E-state index contributed by atoms with van der Waals surface area (Å²) in [6.45, 7) is 2.26. The van der Waals surface area contributed by atoms with Gasteiger partial charge in [-0.3, -0.25) is 0 Å². The Balaban J connectivity index is 2.01. The first kappa shape index (κ1) is 13.0. The van der Waals surface area contributed by atoms with Crippen LogP contribution in [0.5, 0.6) is 0 Å². The third-order valence-electron chi connectivity index (χ3n) is 2.75. The highest BCUT2D eigenvalue weighted by atomic mass is 13.9. The Labute approximate surface area is 100 Å². The number of allylic oxidation sites excluding steroid dienone is 1. The van der Waals surface area contributed by atoms with Crippen LogP contribution in [0.4, 0.5) is 0 Å². The fraction of sp³-hybridized carbons (Fsp3) is 0.500. The van der Waals surface area contributed by atoms with Gasteiger partial charge in [-0.15, -0.1) is 0 Å². The molecule has 0 amide bonds. The summed E-state index contributed by atoms with van der Waals surface area (Å²) >= 11 is 0. The van der Waals surface area contributed by atoms with Gasteiger partial charge in [-0.1, -0.05) is 75.4 Å². The number of hydrogen-bond donors (Lipinski definition) is 0. The lowest BCUT2D eigenvalue weighted by Gasteiger charge is -1.97. The fourth-order valence-corrected chi connectivity index (χ4v) is 1.76. The third kappa shape index (κ3) is 6.44. The van der Waals surface area contributed by atoms with Gasteiger partial charge in [0.1, 0.15) is 0 Å². The largest absolute Gasteiger partial charge is 0.0839 e. The number of benzene rings is 1. The Hall–Kier alpha value is -1.04. The summed E-state index contributed by atoms with van der Waals surface area (Å²) in [5.74, 6) is 0. The maximum atomic E-state index is 3.20. The van der Waals surface area contributed by atoms with Gasteiger partial charge in [0.2, 0.25) is 0 Å². The van der Waals surface area contributed by atoms with E-state index >= 15 is 0 Å². The van der Waals surface area contributed by atoms with Crippen LogP contribution < -0.4 is 0 Å². The van der Waals surface area contributed by atoms with Crippen molar-refractivity contribution in [1.82, 2.24) is 0 Å². The van der Waals surface area contributed by atoms with Gasteiger partial charge in [-0.05, 0) is 24.5 Å². The van der Waals surface area contributed by atoms with E-state index in [0.717, 1.165) is 0 Å². The second-order valence-corrected chi connectivity index (χ2v) is 4.28. The van der Waals surface area contributed by atoms with Gasteiger partial charge >= 0.3 is 0 Å². The zero-order valence-corrected chi connectivity index (χ0v) is 10.4. The lowest BCUT2D eigenvalue weighted by Crippen LogP contribution is -1.77. The van der Waals surface area contributed by atoms with E-state index in [1.165, 1.54) is 50.5 Å². The van der Waals surface area contributed by atoms with Gasteiger partial charge in [0.05, 0.1) is 0 Å². The minimum Gasteiger partial charge on any atom is -0.0839 e. The molecular formula is C16H23. The molecule has 0 N–H and O–H groups in total. The van der Waals surface area contributed by atoms with E-state index in [4.69, 9.17) is 0 Å². The van der Waals surface area contributed by atoms with Gasteiger partial charge in [0, 0.05) is 0 Å². The van der Waals surface area contributed by atoms with E-state index in [9.17, 15) is 0 Å². The van der Waals surface area contributed by atoms with Crippen molar-refractivity contribution in [2.24, 2.45) is 0 Å². The van der Waals surface area contributed by atoms with Crippen LogP contribution in [0.2, 0.25) is 0 Å². The van der Waals surface area contributed by atoms with Crippen LogP contribution in [0, 0.1) is 6.07 Å². The number of unbranched alkanes of at least 4 members (excludes halogenated alkanes) is 6. The molecule has 0 bridgehead atoms. The first-order valence-corrected chi connectivity index (χ1v) is 6.56. The average molecular weight is 215 g/mol. The lowest BCUT2D eigenvalue weighted by molar-refractivity contribution is 0.611. The summed E-state index contributed by atoms with van der Waals surface area (Å²) in [7, 11) is 0. The smallest absolute Gasteiger partial charge is 0.0106 e. The summed E-state index contributed by atoms with van der Waals surface area (Å²) in [4.78, 5) is 0. The summed E-state index contributed by atoms with van der Waals surface area (Å²) in [5, 5.41) is 0. The molecule has 0 aliphatic carbocycles. The Morgan fingerprint density at radius 1 is 1.06 bits per heavy atom. The van der Waals surface area contributed by atoms with Crippen LogP contribution in [0.1, 0.15) is 57.4 Å². The van der Waals surface area contributed by atoms with Crippen LogP contribution in [0.25, 0.3) is 6.08 Å². The molecule has 87 valence electrons. The average Bonchev–Trinajstić information content (AvgIpc) is 2.34. The second-order valence-electron chi connectivity index (χ2n) is 4.28.